The lowest BCUT2D eigenvalue weighted by atomic mass is 9.83. The van der Waals surface area contributed by atoms with E-state index in [1.54, 1.807) is 25.3 Å². The summed E-state index contributed by atoms with van der Waals surface area (Å²) < 4.78 is 10.8. The molecule has 0 spiro atoms. The van der Waals surface area contributed by atoms with E-state index in [9.17, 15) is 10.1 Å². The van der Waals surface area contributed by atoms with Gasteiger partial charge in [0.25, 0.3) is 0 Å². The SMILES string of the molecule is COc1ncc(Cl)cc1Nc1nccc(-c2cc(C#N)c3c(c2)[C@](C)(COC(=O)[C@H](C)N)CC3)n1.S.S. The van der Waals surface area contributed by atoms with Crippen molar-refractivity contribution in [3.05, 3.63) is 58.4 Å². The maximum absolute atomic E-state index is 12.0. The van der Waals surface area contributed by atoms with Crippen molar-refractivity contribution in [3.63, 3.8) is 0 Å². The Morgan fingerprint density at radius 3 is 2.76 bits per heavy atom. The summed E-state index contributed by atoms with van der Waals surface area (Å²) >= 11 is 6.08. The maximum atomic E-state index is 12.0. The van der Waals surface area contributed by atoms with Gasteiger partial charge in [-0.3, -0.25) is 4.79 Å². The molecule has 0 amide bonds. The van der Waals surface area contributed by atoms with Crippen molar-refractivity contribution in [1.82, 2.24) is 15.0 Å². The molecule has 37 heavy (non-hydrogen) atoms. The van der Waals surface area contributed by atoms with Crippen LogP contribution in [0.3, 0.4) is 0 Å². The molecular formula is C25H29ClN6O3S2. The number of halogens is 1. The molecule has 3 N–H and O–H groups in total. The van der Waals surface area contributed by atoms with E-state index in [1.165, 1.54) is 13.3 Å². The number of nitrogens with zero attached hydrogens (tertiary/aromatic N) is 4. The molecule has 0 aliphatic heterocycles. The van der Waals surface area contributed by atoms with Crippen molar-refractivity contribution in [2.24, 2.45) is 5.73 Å². The van der Waals surface area contributed by atoms with Gasteiger partial charge in [-0.1, -0.05) is 18.5 Å². The predicted molar refractivity (Wildman–Crippen MR) is 152 cm³/mol. The van der Waals surface area contributed by atoms with Crippen molar-refractivity contribution < 1.29 is 14.3 Å². The quantitative estimate of drug-likeness (QED) is 0.408. The number of rotatable bonds is 7. The van der Waals surface area contributed by atoms with Crippen LogP contribution < -0.4 is 15.8 Å². The number of carbonyl (C=O) groups excluding carboxylic acids is 1. The van der Waals surface area contributed by atoms with E-state index in [1.807, 2.05) is 19.1 Å². The van der Waals surface area contributed by atoms with Crippen molar-refractivity contribution in [1.29, 1.82) is 5.26 Å². The highest BCUT2D eigenvalue weighted by atomic mass is 35.5. The first-order valence-corrected chi connectivity index (χ1v) is 11.4. The number of benzene rings is 1. The zero-order chi connectivity index (χ0) is 25.2. The molecule has 0 unspecified atom stereocenters. The fourth-order valence-electron chi connectivity index (χ4n) is 4.15. The summed E-state index contributed by atoms with van der Waals surface area (Å²) in [4.78, 5) is 25.0. The number of methoxy groups -OCH3 is 1. The number of hydrogen-bond donors (Lipinski definition) is 2. The molecule has 9 nitrogen and oxygen atoms in total. The second-order valence-electron chi connectivity index (χ2n) is 8.72. The van der Waals surface area contributed by atoms with Crippen LogP contribution in [0.5, 0.6) is 5.88 Å². The number of fused-ring (bicyclic) bond motifs is 1. The number of pyridine rings is 1. The average molecular weight is 561 g/mol. The normalized spacial score (nSPS) is 16.3. The van der Waals surface area contributed by atoms with Gasteiger partial charge in [0.15, 0.2) is 0 Å². The van der Waals surface area contributed by atoms with Gasteiger partial charge in [0.1, 0.15) is 18.3 Å². The van der Waals surface area contributed by atoms with Gasteiger partial charge >= 0.3 is 5.97 Å². The van der Waals surface area contributed by atoms with E-state index in [4.69, 9.17) is 26.8 Å². The van der Waals surface area contributed by atoms with E-state index in [0.717, 1.165) is 29.5 Å². The lowest BCUT2D eigenvalue weighted by Crippen LogP contribution is -2.34. The molecule has 2 aromatic heterocycles. The van der Waals surface area contributed by atoms with Crippen LogP contribution in [0.4, 0.5) is 11.6 Å². The zero-order valence-electron chi connectivity index (χ0n) is 20.6. The first kappa shape index (κ1) is 30.2. The second kappa shape index (κ2) is 12.5. The second-order valence-corrected chi connectivity index (χ2v) is 9.16. The number of hydrogen-bond acceptors (Lipinski definition) is 9. The van der Waals surface area contributed by atoms with Gasteiger partial charge in [-0.15, -0.1) is 0 Å². The molecule has 1 aliphatic rings. The maximum Gasteiger partial charge on any atom is 0.322 e. The molecule has 0 bridgehead atoms. The monoisotopic (exact) mass is 560 g/mol. The van der Waals surface area contributed by atoms with Crippen LogP contribution in [-0.4, -0.2) is 40.7 Å². The molecule has 196 valence electrons. The summed E-state index contributed by atoms with van der Waals surface area (Å²) in [6.07, 6.45) is 4.59. The summed E-state index contributed by atoms with van der Waals surface area (Å²) in [6, 6.07) is 8.89. The highest BCUT2D eigenvalue weighted by Crippen LogP contribution is 2.42. The summed E-state index contributed by atoms with van der Waals surface area (Å²) in [5, 5.41) is 13.4. The van der Waals surface area contributed by atoms with Crippen molar-refractivity contribution in [3.8, 4) is 23.2 Å². The van der Waals surface area contributed by atoms with Crippen molar-refractivity contribution in [2.75, 3.05) is 19.0 Å². The summed E-state index contributed by atoms with van der Waals surface area (Å²) in [5.74, 6) is 0.219. The first-order chi connectivity index (χ1) is 16.7. The standard InChI is InChI=1S/C25H25ClN6O3.2H2S/c1-14(28)23(33)35-13-25(2)6-4-18-16(11-27)8-15(9-19(18)25)20-5-7-29-24(31-20)32-21-10-17(26)12-30-22(21)34-3;;/h5,7-10,12,14H,4,6,13,28H2,1-3H3,(H,29,31,32);2*1H2/t14-,25-;;/m0../s1. The molecule has 4 rings (SSSR count). The topological polar surface area (TPSA) is 136 Å². The highest BCUT2D eigenvalue weighted by molar-refractivity contribution is 7.59. The number of nitrogens with two attached hydrogens (primary N) is 1. The van der Waals surface area contributed by atoms with E-state index in [2.05, 4.69) is 26.3 Å². The summed E-state index contributed by atoms with van der Waals surface area (Å²) in [5.41, 5.74) is 9.63. The third-order valence-corrected chi connectivity index (χ3v) is 6.27. The van der Waals surface area contributed by atoms with Gasteiger partial charge in [0.2, 0.25) is 11.8 Å². The van der Waals surface area contributed by atoms with E-state index in [-0.39, 0.29) is 33.6 Å². The molecule has 2 atom stereocenters. The minimum atomic E-state index is -0.694. The number of ether oxygens (including phenoxy) is 2. The molecule has 0 saturated carbocycles. The van der Waals surface area contributed by atoms with E-state index >= 15 is 0 Å². The third-order valence-electron chi connectivity index (χ3n) is 6.06. The number of nitriles is 1. The summed E-state index contributed by atoms with van der Waals surface area (Å²) in [6.45, 7) is 3.81. The van der Waals surface area contributed by atoms with Gasteiger partial charge < -0.3 is 20.5 Å². The Hall–Kier alpha value is -3.04. The highest BCUT2D eigenvalue weighted by Gasteiger charge is 2.37. The van der Waals surface area contributed by atoms with Crippen molar-refractivity contribution in [2.45, 2.75) is 38.1 Å². The molecule has 0 radical (unpaired) electrons. The van der Waals surface area contributed by atoms with E-state index < -0.39 is 17.4 Å². The minimum Gasteiger partial charge on any atom is -0.480 e. The van der Waals surface area contributed by atoms with Crippen LogP contribution in [0.2, 0.25) is 5.02 Å². The lowest BCUT2D eigenvalue weighted by molar-refractivity contribution is -0.146. The van der Waals surface area contributed by atoms with E-state index in [0.29, 0.717) is 33.8 Å². The fraction of sp³-hybridized carbons (Fsp3) is 0.320. The number of aromatic nitrogens is 3. The Labute approximate surface area is 234 Å². The minimum absolute atomic E-state index is 0. The molecular weight excluding hydrogens is 532 g/mol. The van der Waals surface area contributed by atoms with Crippen LogP contribution in [0.1, 0.15) is 37.0 Å². The molecule has 1 aliphatic carbocycles. The molecule has 1 aromatic carbocycles. The van der Waals surface area contributed by atoms with Gasteiger partial charge in [-0.2, -0.15) is 32.3 Å². The van der Waals surface area contributed by atoms with Gasteiger partial charge in [0, 0.05) is 23.4 Å². The van der Waals surface area contributed by atoms with Gasteiger partial charge in [-0.05, 0) is 55.2 Å². The van der Waals surface area contributed by atoms with Gasteiger partial charge in [-0.25, -0.2) is 15.0 Å². The number of anilines is 2. The van der Waals surface area contributed by atoms with Crippen LogP contribution >= 0.6 is 38.6 Å². The molecule has 2 heterocycles. The van der Waals surface area contributed by atoms with Crippen LogP contribution in [0.15, 0.2) is 36.7 Å². The third kappa shape index (κ3) is 6.45. The number of nitrogens with one attached hydrogen (secondary N) is 1. The van der Waals surface area contributed by atoms with Crippen molar-refractivity contribution >= 4 is 56.2 Å². The predicted octanol–water partition coefficient (Wildman–Crippen LogP) is 4.14. The molecule has 0 saturated heterocycles. The lowest BCUT2D eigenvalue weighted by Gasteiger charge is -2.26. The molecule has 3 aromatic rings. The Morgan fingerprint density at radius 1 is 1.32 bits per heavy atom. The number of esters is 1. The Kier molecular flexibility index (Phi) is 10.2. The van der Waals surface area contributed by atoms with Crippen LogP contribution in [-0.2, 0) is 21.4 Å². The average Bonchev–Trinajstić information content (AvgIpc) is 3.19. The smallest absolute Gasteiger partial charge is 0.322 e. The van der Waals surface area contributed by atoms with Gasteiger partial charge in [0.05, 0.1) is 29.5 Å². The van der Waals surface area contributed by atoms with Crippen LogP contribution in [0.25, 0.3) is 11.3 Å². The Balaban J connectivity index is 0.00000241. The first-order valence-electron chi connectivity index (χ1n) is 11.0. The van der Waals surface area contributed by atoms with Crippen LogP contribution in [0, 0.1) is 11.3 Å². The Bertz CT molecular complexity index is 1330. The number of carbonyl (C=O) groups is 1. The summed E-state index contributed by atoms with van der Waals surface area (Å²) in [7, 11) is 1.51. The molecule has 12 heteroatoms. The fourth-order valence-corrected chi connectivity index (χ4v) is 4.31. The largest absolute Gasteiger partial charge is 0.480 e. The molecule has 0 fully saturated rings. The zero-order valence-corrected chi connectivity index (χ0v) is 23.4. The Morgan fingerprint density at radius 2 is 2.08 bits per heavy atom.